The van der Waals surface area contributed by atoms with Gasteiger partial charge >= 0.3 is 5.69 Å². The predicted octanol–water partition coefficient (Wildman–Crippen LogP) is 3.58. The van der Waals surface area contributed by atoms with E-state index in [0.717, 1.165) is 0 Å². The average Bonchev–Trinajstić information content (AvgIpc) is 2.68. The van der Waals surface area contributed by atoms with Gasteiger partial charge in [-0.05, 0) is 41.7 Å². The van der Waals surface area contributed by atoms with Crippen LogP contribution in [0.2, 0.25) is 0 Å². The van der Waals surface area contributed by atoms with Crippen LogP contribution in [0.3, 0.4) is 0 Å². The largest absolute Gasteiger partial charge is 0.331 e. The Morgan fingerprint density at radius 1 is 0.931 bits per heavy atom. The molecular formula is C23H27N3O3. The van der Waals surface area contributed by atoms with Crippen molar-refractivity contribution >= 4 is 22.5 Å². The predicted molar refractivity (Wildman–Crippen MR) is 116 cm³/mol. The number of fused-ring (bicyclic) bond motifs is 1. The smallest absolute Gasteiger partial charge is 0.325 e. The molecule has 2 aromatic carbocycles. The topological polar surface area (TPSA) is 73.1 Å². The quantitative estimate of drug-likeness (QED) is 0.696. The van der Waals surface area contributed by atoms with Crippen molar-refractivity contribution in [2.24, 2.45) is 5.92 Å². The first-order valence-electron chi connectivity index (χ1n) is 9.90. The van der Waals surface area contributed by atoms with Gasteiger partial charge in [0, 0.05) is 12.2 Å². The van der Waals surface area contributed by atoms with E-state index in [9.17, 15) is 14.4 Å². The third-order valence-corrected chi connectivity index (χ3v) is 4.84. The van der Waals surface area contributed by atoms with Crippen LogP contribution in [0.4, 0.5) is 5.69 Å². The summed E-state index contributed by atoms with van der Waals surface area (Å²) in [4.78, 5) is 38.4. The lowest BCUT2D eigenvalue weighted by Gasteiger charge is -2.15. The molecule has 1 heterocycles. The second-order valence-corrected chi connectivity index (χ2v) is 8.02. The number of rotatable bonds is 6. The molecule has 6 heteroatoms. The molecule has 1 amide bonds. The van der Waals surface area contributed by atoms with Crippen LogP contribution in [-0.2, 0) is 17.9 Å². The minimum atomic E-state index is -0.465. The highest BCUT2D eigenvalue weighted by Crippen LogP contribution is 2.17. The Balaban J connectivity index is 1.95. The Hall–Kier alpha value is -3.15. The lowest BCUT2D eigenvalue weighted by Crippen LogP contribution is -2.42. The maximum Gasteiger partial charge on any atom is 0.331 e. The molecule has 0 spiro atoms. The zero-order valence-electron chi connectivity index (χ0n) is 17.3. The minimum absolute atomic E-state index is 0.128. The van der Waals surface area contributed by atoms with E-state index in [1.807, 2.05) is 38.1 Å². The maximum atomic E-state index is 13.0. The molecule has 0 fully saturated rings. The van der Waals surface area contributed by atoms with Crippen LogP contribution in [-0.4, -0.2) is 15.0 Å². The molecule has 0 aliphatic carbocycles. The molecule has 6 nitrogen and oxygen atoms in total. The number of para-hydroxylation sites is 1. The van der Waals surface area contributed by atoms with E-state index >= 15 is 0 Å². The fourth-order valence-corrected chi connectivity index (χ4v) is 3.35. The Labute approximate surface area is 169 Å². The molecule has 0 radical (unpaired) electrons. The van der Waals surface area contributed by atoms with Gasteiger partial charge in [0.05, 0.1) is 10.9 Å². The molecule has 0 saturated carbocycles. The van der Waals surface area contributed by atoms with Crippen LogP contribution in [0.15, 0.2) is 58.1 Å². The number of hydrogen-bond acceptors (Lipinski definition) is 3. The fraction of sp³-hybridized carbons (Fsp3) is 0.348. The van der Waals surface area contributed by atoms with Crippen molar-refractivity contribution in [3.63, 3.8) is 0 Å². The van der Waals surface area contributed by atoms with Gasteiger partial charge in [0.2, 0.25) is 5.91 Å². The van der Waals surface area contributed by atoms with E-state index in [4.69, 9.17) is 0 Å². The van der Waals surface area contributed by atoms with Crippen molar-refractivity contribution in [1.29, 1.82) is 0 Å². The summed E-state index contributed by atoms with van der Waals surface area (Å²) in [5.74, 6) is 0.222. The number of anilines is 1. The van der Waals surface area contributed by atoms with Gasteiger partial charge in [0.15, 0.2) is 0 Å². The fourth-order valence-electron chi connectivity index (χ4n) is 3.35. The first-order valence-corrected chi connectivity index (χ1v) is 9.90. The van der Waals surface area contributed by atoms with Gasteiger partial charge in [-0.25, -0.2) is 4.79 Å². The summed E-state index contributed by atoms with van der Waals surface area (Å²) in [6.45, 7) is 8.25. The van der Waals surface area contributed by atoms with Crippen molar-refractivity contribution in [1.82, 2.24) is 9.13 Å². The summed E-state index contributed by atoms with van der Waals surface area (Å²) in [5.41, 5.74) is 1.54. The van der Waals surface area contributed by atoms with Gasteiger partial charge in [0.25, 0.3) is 5.56 Å². The maximum absolute atomic E-state index is 13.0. The lowest BCUT2D eigenvalue weighted by molar-refractivity contribution is -0.116. The summed E-state index contributed by atoms with van der Waals surface area (Å²) >= 11 is 0. The van der Waals surface area contributed by atoms with Crippen molar-refractivity contribution in [2.75, 3.05) is 5.32 Å². The van der Waals surface area contributed by atoms with Gasteiger partial charge < -0.3 is 5.32 Å². The monoisotopic (exact) mass is 393 g/mol. The second-order valence-electron chi connectivity index (χ2n) is 8.02. The zero-order valence-corrected chi connectivity index (χ0v) is 17.3. The molecule has 0 bridgehead atoms. The Morgan fingerprint density at radius 2 is 1.59 bits per heavy atom. The molecule has 0 saturated heterocycles. The summed E-state index contributed by atoms with van der Waals surface area (Å²) < 4.78 is 2.59. The molecule has 0 aliphatic rings. The highest BCUT2D eigenvalue weighted by atomic mass is 16.2. The molecule has 29 heavy (non-hydrogen) atoms. The lowest BCUT2D eigenvalue weighted by atomic mass is 10.0. The van der Waals surface area contributed by atoms with Gasteiger partial charge in [0.1, 0.15) is 6.54 Å². The summed E-state index contributed by atoms with van der Waals surface area (Å²) in [7, 11) is 0. The van der Waals surface area contributed by atoms with Gasteiger partial charge in [-0.2, -0.15) is 0 Å². The minimum Gasteiger partial charge on any atom is -0.325 e. The number of benzene rings is 2. The number of amides is 1. The van der Waals surface area contributed by atoms with E-state index in [1.54, 1.807) is 24.3 Å². The standard InChI is InChI=1S/C23H27N3O3/c1-15(2)13-26-22(28)19-7-5-6-8-20(19)25(23(26)29)14-21(27)24-18-11-9-17(10-12-18)16(3)4/h5-12,15-16H,13-14H2,1-4H3,(H,24,27). The molecule has 0 aliphatic heterocycles. The van der Waals surface area contributed by atoms with Crippen molar-refractivity contribution < 1.29 is 4.79 Å². The molecule has 0 unspecified atom stereocenters. The van der Waals surface area contributed by atoms with Crippen LogP contribution in [0.5, 0.6) is 0 Å². The normalized spacial score (nSPS) is 11.4. The molecule has 3 aromatic rings. The Bertz CT molecular complexity index is 1140. The first-order chi connectivity index (χ1) is 13.8. The van der Waals surface area contributed by atoms with Crippen LogP contribution >= 0.6 is 0 Å². The van der Waals surface area contributed by atoms with Crippen LogP contribution < -0.4 is 16.6 Å². The van der Waals surface area contributed by atoms with Crippen LogP contribution in [0.25, 0.3) is 10.9 Å². The van der Waals surface area contributed by atoms with E-state index in [-0.39, 0.29) is 23.9 Å². The summed E-state index contributed by atoms with van der Waals surface area (Å²) in [6.07, 6.45) is 0. The number of carbonyl (C=O) groups excluding carboxylic acids is 1. The number of nitrogens with zero attached hydrogens (tertiary/aromatic N) is 2. The third-order valence-electron chi connectivity index (χ3n) is 4.84. The Kier molecular flexibility index (Phi) is 6.01. The van der Waals surface area contributed by atoms with E-state index in [1.165, 1.54) is 14.7 Å². The van der Waals surface area contributed by atoms with Gasteiger partial charge in [-0.1, -0.05) is 52.0 Å². The van der Waals surface area contributed by atoms with E-state index in [0.29, 0.717) is 29.1 Å². The Morgan fingerprint density at radius 3 is 2.21 bits per heavy atom. The van der Waals surface area contributed by atoms with E-state index in [2.05, 4.69) is 19.2 Å². The number of nitrogens with one attached hydrogen (secondary N) is 1. The zero-order chi connectivity index (χ0) is 21.1. The van der Waals surface area contributed by atoms with Crippen molar-refractivity contribution in [2.45, 2.75) is 46.7 Å². The number of aromatic nitrogens is 2. The number of carbonyl (C=O) groups is 1. The van der Waals surface area contributed by atoms with Gasteiger partial charge in [-0.15, -0.1) is 0 Å². The van der Waals surface area contributed by atoms with E-state index < -0.39 is 5.69 Å². The third kappa shape index (κ3) is 4.47. The average molecular weight is 393 g/mol. The van der Waals surface area contributed by atoms with Crippen LogP contribution in [0.1, 0.15) is 39.2 Å². The SMILES string of the molecule is CC(C)Cn1c(=O)c2ccccc2n(CC(=O)Nc2ccc(C(C)C)cc2)c1=O. The molecule has 152 valence electrons. The first kappa shape index (κ1) is 20.6. The summed E-state index contributed by atoms with van der Waals surface area (Å²) in [5, 5.41) is 3.27. The summed E-state index contributed by atoms with van der Waals surface area (Å²) in [6, 6.07) is 14.6. The highest BCUT2D eigenvalue weighted by Gasteiger charge is 2.16. The van der Waals surface area contributed by atoms with Gasteiger partial charge in [-0.3, -0.25) is 18.7 Å². The van der Waals surface area contributed by atoms with Crippen LogP contribution in [0, 0.1) is 5.92 Å². The van der Waals surface area contributed by atoms with Crippen molar-refractivity contribution in [3.05, 3.63) is 74.9 Å². The molecule has 3 rings (SSSR count). The number of hydrogen-bond donors (Lipinski definition) is 1. The molecule has 1 aromatic heterocycles. The second kappa shape index (κ2) is 8.47. The molecular weight excluding hydrogens is 366 g/mol. The highest BCUT2D eigenvalue weighted by molar-refractivity contribution is 5.91. The molecule has 0 atom stereocenters. The molecule has 1 N–H and O–H groups in total. The van der Waals surface area contributed by atoms with Crippen molar-refractivity contribution in [3.8, 4) is 0 Å².